The summed E-state index contributed by atoms with van der Waals surface area (Å²) < 4.78 is 29.1. The molecule has 82 valence electrons. The zero-order valence-electron chi connectivity index (χ0n) is 7.63. The van der Waals surface area contributed by atoms with E-state index in [1.807, 2.05) is 0 Å². The van der Waals surface area contributed by atoms with E-state index in [-0.39, 0.29) is 15.6 Å². The number of hydrogen-bond acceptors (Lipinski definition) is 3. The summed E-state index contributed by atoms with van der Waals surface area (Å²) >= 11 is 2.87. The number of alkyl halides is 2. The third-order valence-electron chi connectivity index (χ3n) is 1.74. The second-order valence-corrected chi connectivity index (χ2v) is 3.55. The van der Waals surface area contributed by atoms with Gasteiger partial charge in [-0.3, -0.25) is 0 Å². The van der Waals surface area contributed by atoms with Crippen molar-refractivity contribution in [3.8, 4) is 5.75 Å². The highest BCUT2D eigenvalue weighted by atomic mass is 79.9. The number of hydrogen-bond donors (Lipinski definition) is 1. The van der Waals surface area contributed by atoms with Crippen molar-refractivity contribution in [3.63, 3.8) is 0 Å². The van der Waals surface area contributed by atoms with Gasteiger partial charge in [0.25, 0.3) is 6.43 Å². The number of esters is 1. The van der Waals surface area contributed by atoms with E-state index in [1.165, 1.54) is 0 Å². The normalized spacial score (nSPS) is 10.5. The molecule has 0 atom stereocenters. The van der Waals surface area contributed by atoms with Gasteiger partial charge in [0.2, 0.25) is 0 Å². The van der Waals surface area contributed by atoms with Gasteiger partial charge < -0.3 is 9.84 Å². The summed E-state index contributed by atoms with van der Waals surface area (Å²) in [6, 6.07) is 1.95. The molecule has 0 radical (unpaired) electrons. The summed E-state index contributed by atoms with van der Waals surface area (Å²) in [7, 11) is 1.10. The summed E-state index contributed by atoms with van der Waals surface area (Å²) in [5.74, 6) is -1.28. The van der Waals surface area contributed by atoms with Gasteiger partial charge in [-0.2, -0.15) is 0 Å². The minimum Gasteiger partial charge on any atom is -0.506 e. The van der Waals surface area contributed by atoms with E-state index in [1.54, 1.807) is 0 Å². The molecule has 0 saturated heterocycles. The van der Waals surface area contributed by atoms with Gasteiger partial charge in [0.1, 0.15) is 11.3 Å². The summed E-state index contributed by atoms with van der Waals surface area (Å²) in [5, 5.41) is 9.41. The SMILES string of the molecule is COC(=O)c1cc(C(F)F)cc(Br)c1O. The van der Waals surface area contributed by atoms with E-state index in [4.69, 9.17) is 0 Å². The van der Waals surface area contributed by atoms with Crippen LogP contribution in [0.1, 0.15) is 22.3 Å². The number of methoxy groups -OCH3 is 1. The first kappa shape index (κ1) is 11.9. The molecule has 0 aliphatic carbocycles. The first-order chi connectivity index (χ1) is 6.97. The molecule has 1 rings (SSSR count). The molecule has 0 unspecified atom stereocenters. The van der Waals surface area contributed by atoms with E-state index in [0.29, 0.717) is 0 Å². The van der Waals surface area contributed by atoms with Gasteiger partial charge in [0.05, 0.1) is 11.6 Å². The topological polar surface area (TPSA) is 46.5 Å². The molecule has 3 nitrogen and oxygen atoms in total. The maximum atomic E-state index is 12.4. The van der Waals surface area contributed by atoms with Crippen LogP contribution in [0.25, 0.3) is 0 Å². The van der Waals surface area contributed by atoms with Crippen molar-refractivity contribution in [2.24, 2.45) is 0 Å². The van der Waals surface area contributed by atoms with Crippen molar-refractivity contribution in [3.05, 3.63) is 27.7 Å². The number of phenols is 1. The first-order valence-electron chi connectivity index (χ1n) is 3.86. The Morgan fingerprint density at radius 1 is 1.53 bits per heavy atom. The van der Waals surface area contributed by atoms with E-state index < -0.39 is 18.1 Å². The van der Waals surface area contributed by atoms with Crippen LogP contribution < -0.4 is 0 Å². The molecule has 0 amide bonds. The number of benzene rings is 1. The Bertz CT molecular complexity index is 393. The zero-order valence-corrected chi connectivity index (χ0v) is 9.22. The highest BCUT2D eigenvalue weighted by Crippen LogP contribution is 2.33. The maximum absolute atomic E-state index is 12.4. The average molecular weight is 281 g/mol. The molecule has 0 aliphatic rings. The summed E-state index contributed by atoms with van der Waals surface area (Å²) in [6.07, 6.45) is -2.72. The third-order valence-corrected chi connectivity index (χ3v) is 2.35. The quantitative estimate of drug-likeness (QED) is 0.848. The van der Waals surface area contributed by atoms with Crippen molar-refractivity contribution in [1.82, 2.24) is 0 Å². The predicted octanol–water partition coefficient (Wildman–Crippen LogP) is 2.88. The third kappa shape index (κ3) is 2.44. The zero-order chi connectivity index (χ0) is 11.6. The lowest BCUT2D eigenvalue weighted by molar-refractivity contribution is 0.0596. The fourth-order valence-corrected chi connectivity index (χ4v) is 1.49. The molecular weight excluding hydrogens is 274 g/mol. The van der Waals surface area contributed by atoms with Crippen molar-refractivity contribution in [2.45, 2.75) is 6.43 Å². The summed E-state index contributed by atoms with van der Waals surface area (Å²) in [6.45, 7) is 0. The highest BCUT2D eigenvalue weighted by Gasteiger charge is 2.19. The van der Waals surface area contributed by atoms with Gasteiger partial charge in [0.15, 0.2) is 0 Å². The molecule has 0 spiro atoms. The number of carbonyl (C=O) groups is 1. The van der Waals surface area contributed by atoms with E-state index in [0.717, 1.165) is 19.2 Å². The first-order valence-corrected chi connectivity index (χ1v) is 4.65. The molecular formula is C9H7BrF2O3. The molecule has 15 heavy (non-hydrogen) atoms. The fraction of sp³-hybridized carbons (Fsp3) is 0.222. The molecule has 0 aliphatic heterocycles. The second-order valence-electron chi connectivity index (χ2n) is 2.69. The second kappa shape index (κ2) is 4.57. The predicted molar refractivity (Wildman–Crippen MR) is 52.1 cm³/mol. The van der Waals surface area contributed by atoms with Crippen LogP contribution in [0.5, 0.6) is 5.75 Å². The Balaban J connectivity index is 3.31. The fourth-order valence-electron chi connectivity index (χ4n) is 1.01. The molecule has 1 aromatic rings. The van der Waals surface area contributed by atoms with Crippen LogP contribution >= 0.6 is 15.9 Å². The van der Waals surface area contributed by atoms with Crippen LogP contribution in [0.3, 0.4) is 0 Å². The summed E-state index contributed by atoms with van der Waals surface area (Å²) in [5.41, 5.74) is -0.651. The number of carbonyl (C=O) groups excluding carboxylic acids is 1. The smallest absolute Gasteiger partial charge is 0.341 e. The van der Waals surface area contributed by atoms with Crippen LogP contribution in [0.4, 0.5) is 8.78 Å². The van der Waals surface area contributed by atoms with E-state index >= 15 is 0 Å². The Labute approximate surface area is 92.8 Å². The lowest BCUT2D eigenvalue weighted by Crippen LogP contribution is -2.03. The molecule has 0 aromatic heterocycles. The van der Waals surface area contributed by atoms with Crippen LogP contribution in [0, 0.1) is 0 Å². The molecule has 6 heteroatoms. The van der Waals surface area contributed by atoms with Crippen LogP contribution in [-0.2, 0) is 4.74 Å². The van der Waals surface area contributed by atoms with Crippen LogP contribution in [-0.4, -0.2) is 18.2 Å². The lowest BCUT2D eigenvalue weighted by Gasteiger charge is -2.07. The minimum absolute atomic E-state index is 0.0284. The van der Waals surface area contributed by atoms with Crippen LogP contribution in [0.15, 0.2) is 16.6 Å². The summed E-state index contributed by atoms with van der Waals surface area (Å²) in [4.78, 5) is 11.1. The van der Waals surface area contributed by atoms with Gasteiger partial charge in [-0.05, 0) is 28.1 Å². The Hall–Kier alpha value is -1.17. The molecule has 0 saturated carbocycles. The lowest BCUT2D eigenvalue weighted by atomic mass is 10.1. The Kier molecular flexibility index (Phi) is 3.62. The Morgan fingerprint density at radius 2 is 2.13 bits per heavy atom. The number of aromatic hydroxyl groups is 1. The largest absolute Gasteiger partial charge is 0.506 e. The van der Waals surface area contributed by atoms with Gasteiger partial charge in [-0.15, -0.1) is 0 Å². The standard InChI is InChI=1S/C9H7BrF2O3/c1-15-9(14)5-2-4(8(11)12)3-6(10)7(5)13/h2-3,8,13H,1H3. The van der Waals surface area contributed by atoms with Crippen molar-refractivity contribution in [2.75, 3.05) is 7.11 Å². The van der Waals surface area contributed by atoms with Crippen molar-refractivity contribution in [1.29, 1.82) is 0 Å². The minimum atomic E-state index is -2.72. The molecule has 1 N–H and O–H groups in total. The number of halogens is 3. The van der Waals surface area contributed by atoms with Gasteiger partial charge in [-0.1, -0.05) is 0 Å². The number of ether oxygens (including phenoxy) is 1. The molecule has 0 fully saturated rings. The number of rotatable bonds is 2. The Morgan fingerprint density at radius 3 is 2.60 bits per heavy atom. The molecule has 0 heterocycles. The van der Waals surface area contributed by atoms with Crippen molar-refractivity contribution >= 4 is 21.9 Å². The molecule has 1 aromatic carbocycles. The maximum Gasteiger partial charge on any atom is 0.341 e. The van der Waals surface area contributed by atoms with Crippen molar-refractivity contribution < 1.29 is 23.4 Å². The average Bonchev–Trinajstić information content (AvgIpc) is 2.20. The van der Waals surface area contributed by atoms with Gasteiger partial charge >= 0.3 is 5.97 Å². The van der Waals surface area contributed by atoms with E-state index in [2.05, 4.69) is 20.7 Å². The van der Waals surface area contributed by atoms with Crippen LogP contribution in [0.2, 0.25) is 0 Å². The highest BCUT2D eigenvalue weighted by molar-refractivity contribution is 9.10. The number of phenolic OH excluding ortho intramolecular Hbond substituents is 1. The van der Waals surface area contributed by atoms with Gasteiger partial charge in [0, 0.05) is 5.56 Å². The molecule has 0 bridgehead atoms. The monoisotopic (exact) mass is 280 g/mol. The van der Waals surface area contributed by atoms with Gasteiger partial charge in [-0.25, -0.2) is 13.6 Å². The van der Waals surface area contributed by atoms with E-state index in [9.17, 15) is 18.7 Å².